The fourth-order valence-corrected chi connectivity index (χ4v) is 2.76. The number of nitro benzene ring substituents is 1. The first kappa shape index (κ1) is 15.8. The van der Waals surface area contributed by atoms with Crippen LogP contribution >= 0.6 is 11.3 Å². The number of carbonyl (C=O) groups is 1. The number of non-ortho nitro benzene ring substituents is 1. The third kappa shape index (κ3) is 3.44. The number of amides is 1. The Bertz CT molecular complexity index is 906. The van der Waals surface area contributed by atoms with Crippen molar-refractivity contribution in [3.8, 4) is 10.6 Å². The second-order valence-corrected chi connectivity index (χ2v) is 6.02. The quantitative estimate of drug-likeness (QED) is 0.577. The molecule has 0 aliphatic heterocycles. The van der Waals surface area contributed by atoms with E-state index in [0.717, 1.165) is 11.1 Å². The van der Waals surface area contributed by atoms with Gasteiger partial charge in [0.05, 0.1) is 4.92 Å². The molecule has 0 unspecified atom stereocenters. The van der Waals surface area contributed by atoms with Gasteiger partial charge in [-0.05, 0) is 13.0 Å². The Morgan fingerprint density at radius 3 is 2.62 bits per heavy atom. The third-order valence-electron chi connectivity index (χ3n) is 3.26. The number of carbonyl (C=O) groups excluding carboxylic acids is 1. The van der Waals surface area contributed by atoms with E-state index in [1.807, 2.05) is 31.2 Å². The van der Waals surface area contributed by atoms with E-state index in [1.54, 1.807) is 0 Å². The molecule has 0 bridgehead atoms. The van der Waals surface area contributed by atoms with E-state index in [0.29, 0.717) is 10.1 Å². The molecule has 2 aromatic carbocycles. The molecule has 1 N–H and O–H groups in total. The molecule has 3 rings (SSSR count). The maximum absolute atomic E-state index is 12.2. The van der Waals surface area contributed by atoms with Gasteiger partial charge in [-0.2, -0.15) is 0 Å². The van der Waals surface area contributed by atoms with Crippen LogP contribution in [0.1, 0.15) is 15.9 Å². The van der Waals surface area contributed by atoms with Crippen LogP contribution in [0.5, 0.6) is 0 Å². The lowest BCUT2D eigenvalue weighted by atomic mass is 10.2. The summed E-state index contributed by atoms with van der Waals surface area (Å²) in [5, 5.41) is 22.4. The van der Waals surface area contributed by atoms with Crippen molar-refractivity contribution in [1.29, 1.82) is 0 Å². The number of nitrogens with one attached hydrogen (secondary N) is 1. The lowest BCUT2D eigenvalue weighted by Crippen LogP contribution is -2.11. The first-order chi connectivity index (χ1) is 11.5. The molecule has 1 heterocycles. The molecule has 24 heavy (non-hydrogen) atoms. The maximum Gasteiger partial charge on any atom is 0.270 e. The number of rotatable bonds is 4. The molecule has 0 fully saturated rings. The van der Waals surface area contributed by atoms with Gasteiger partial charge in [0.15, 0.2) is 0 Å². The number of nitrogens with zero attached hydrogens (tertiary/aromatic N) is 3. The predicted molar refractivity (Wildman–Crippen MR) is 91.1 cm³/mol. The maximum atomic E-state index is 12.2. The van der Waals surface area contributed by atoms with Gasteiger partial charge >= 0.3 is 0 Å². The van der Waals surface area contributed by atoms with Gasteiger partial charge in [0.1, 0.15) is 5.01 Å². The molecule has 120 valence electrons. The first-order valence-corrected chi connectivity index (χ1v) is 7.81. The monoisotopic (exact) mass is 340 g/mol. The second kappa shape index (κ2) is 6.55. The van der Waals surface area contributed by atoms with E-state index < -0.39 is 10.8 Å². The molecule has 0 spiro atoms. The summed E-state index contributed by atoms with van der Waals surface area (Å²) in [5.74, 6) is -0.467. The van der Waals surface area contributed by atoms with E-state index in [2.05, 4.69) is 15.5 Å². The molecule has 7 nitrogen and oxygen atoms in total. The van der Waals surface area contributed by atoms with Crippen molar-refractivity contribution < 1.29 is 9.72 Å². The lowest BCUT2D eigenvalue weighted by molar-refractivity contribution is -0.384. The second-order valence-electron chi connectivity index (χ2n) is 5.04. The molecule has 0 aliphatic carbocycles. The molecule has 0 atom stereocenters. The van der Waals surface area contributed by atoms with Gasteiger partial charge in [0, 0.05) is 23.3 Å². The molecular weight excluding hydrogens is 328 g/mol. The first-order valence-electron chi connectivity index (χ1n) is 6.99. The molecule has 0 saturated heterocycles. The van der Waals surface area contributed by atoms with Crippen LogP contribution in [-0.4, -0.2) is 21.0 Å². The van der Waals surface area contributed by atoms with Crippen LogP contribution in [0.15, 0.2) is 48.5 Å². The van der Waals surface area contributed by atoms with Crippen molar-refractivity contribution in [2.45, 2.75) is 6.92 Å². The Labute approximate surface area is 141 Å². The van der Waals surface area contributed by atoms with Crippen molar-refractivity contribution in [3.05, 3.63) is 69.8 Å². The van der Waals surface area contributed by atoms with Crippen LogP contribution in [0.2, 0.25) is 0 Å². The average molecular weight is 340 g/mol. The largest absolute Gasteiger partial charge is 0.296 e. The van der Waals surface area contributed by atoms with Crippen LogP contribution < -0.4 is 5.32 Å². The number of hydrogen-bond donors (Lipinski definition) is 1. The van der Waals surface area contributed by atoms with Crippen LogP contribution in [0.3, 0.4) is 0 Å². The summed E-state index contributed by atoms with van der Waals surface area (Å²) in [7, 11) is 0. The Kier molecular flexibility index (Phi) is 4.30. The number of anilines is 1. The van der Waals surface area contributed by atoms with Crippen molar-refractivity contribution in [1.82, 2.24) is 10.2 Å². The summed E-state index contributed by atoms with van der Waals surface area (Å²) in [4.78, 5) is 22.4. The number of benzene rings is 2. The molecule has 1 amide bonds. The Hall–Kier alpha value is -3.13. The van der Waals surface area contributed by atoms with Gasteiger partial charge in [0.25, 0.3) is 11.6 Å². The van der Waals surface area contributed by atoms with Crippen LogP contribution in [0.25, 0.3) is 10.6 Å². The van der Waals surface area contributed by atoms with E-state index >= 15 is 0 Å². The van der Waals surface area contributed by atoms with Crippen LogP contribution in [-0.2, 0) is 0 Å². The van der Waals surface area contributed by atoms with Crippen molar-refractivity contribution in [2.75, 3.05) is 5.32 Å². The summed E-state index contributed by atoms with van der Waals surface area (Å²) in [6.07, 6.45) is 0. The smallest absolute Gasteiger partial charge is 0.270 e. The zero-order valence-corrected chi connectivity index (χ0v) is 13.4. The van der Waals surface area contributed by atoms with E-state index in [4.69, 9.17) is 0 Å². The van der Waals surface area contributed by atoms with Crippen molar-refractivity contribution >= 4 is 28.1 Å². The van der Waals surface area contributed by atoms with E-state index in [1.165, 1.54) is 35.6 Å². The number of nitro groups is 1. The Morgan fingerprint density at radius 2 is 1.92 bits per heavy atom. The highest BCUT2D eigenvalue weighted by Crippen LogP contribution is 2.27. The standard InChI is InChI=1S/C16H12N4O3S/c1-10-5-7-11(8-6-10)15-18-19-16(24-15)17-14(21)12-3-2-4-13(9-12)20(22)23/h2-9H,1H3,(H,17,19,21). The van der Waals surface area contributed by atoms with Crippen LogP contribution in [0.4, 0.5) is 10.8 Å². The lowest BCUT2D eigenvalue weighted by Gasteiger charge is -2.00. The zero-order chi connectivity index (χ0) is 17.1. The summed E-state index contributed by atoms with van der Waals surface area (Å²) in [6.45, 7) is 1.99. The zero-order valence-electron chi connectivity index (χ0n) is 12.6. The minimum absolute atomic E-state index is 0.139. The van der Waals surface area contributed by atoms with E-state index in [9.17, 15) is 14.9 Å². The van der Waals surface area contributed by atoms with Gasteiger partial charge in [-0.25, -0.2) is 0 Å². The van der Waals surface area contributed by atoms with Gasteiger partial charge in [-0.1, -0.05) is 47.2 Å². The molecule has 1 aromatic heterocycles. The predicted octanol–water partition coefficient (Wildman–Crippen LogP) is 3.67. The summed E-state index contributed by atoms with van der Waals surface area (Å²) >= 11 is 1.24. The minimum Gasteiger partial charge on any atom is -0.296 e. The normalized spacial score (nSPS) is 10.4. The molecule has 8 heteroatoms. The molecule has 3 aromatic rings. The molecule has 0 saturated carbocycles. The highest BCUT2D eigenvalue weighted by Gasteiger charge is 2.14. The topological polar surface area (TPSA) is 98.0 Å². The summed E-state index contributed by atoms with van der Waals surface area (Å²) in [5.41, 5.74) is 2.10. The summed E-state index contributed by atoms with van der Waals surface area (Å²) < 4.78 is 0. The van der Waals surface area contributed by atoms with Gasteiger partial charge in [-0.3, -0.25) is 20.2 Å². The van der Waals surface area contributed by atoms with Gasteiger partial charge in [0.2, 0.25) is 5.13 Å². The number of aromatic nitrogens is 2. The van der Waals surface area contributed by atoms with Gasteiger partial charge in [-0.15, -0.1) is 10.2 Å². The molecular formula is C16H12N4O3S. The highest BCUT2D eigenvalue weighted by atomic mass is 32.1. The number of aryl methyl sites for hydroxylation is 1. The highest BCUT2D eigenvalue weighted by molar-refractivity contribution is 7.18. The molecule has 0 aliphatic rings. The Balaban J connectivity index is 1.77. The fourth-order valence-electron chi connectivity index (χ4n) is 2.02. The SMILES string of the molecule is Cc1ccc(-c2nnc(NC(=O)c3cccc([N+](=O)[O-])c3)s2)cc1. The molecule has 0 radical (unpaired) electrons. The third-order valence-corrected chi connectivity index (χ3v) is 4.15. The summed E-state index contributed by atoms with van der Waals surface area (Å²) in [6, 6.07) is 13.3. The van der Waals surface area contributed by atoms with E-state index in [-0.39, 0.29) is 11.3 Å². The Morgan fingerprint density at radius 1 is 1.17 bits per heavy atom. The van der Waals surface area contributed by atoms with Crippen molar-refractivity contribution in [2.24, 2.45) is 0 Å². The average Bonchev–Trinajstić information content (AvgIpc) is 3.04. The van der Waals surface area contributed by atoms with Crippen molar-refractivity contribution in [3.63, 3.8) is 0 Å². The van der Waals surface area contributed by atoms with Crippen LogP contribution in [0, 0.1) is 17.0 Å². The van der Waals surface area contributed by atoms with Gasteiger partial charge < -0.3 is 0 Å². The minimum atomic E-state index is -0.544. The number of hydrogen-bond acceptors (Lipinski definition) is 6. The fraction of sp³-hybridized carbons (Fsp3) is 0.0625.